The van der Waals surface area contributed by atoms with Crippen LogP contribution in [0, 0.1) is 17.8 Å². The molecular formula is C32H34N4O2. The first kappa shape index (κ1) is 25.7. The summed E-state index contributed by atoms with van der Waals surface area (Å²) in [5.41, 5.74) is 2.76. The third-order valence-electron chi connectivity index (χ3n) is 7.41. The van der Waals surface area contributed by atoms with E-state index in [0.29, 0.717) is 12.2 Å². The molecule has 1 aliphatic rings. The Morgan fingerprint density at radius 2 is 1.79 bits per heavy atom. The van der Waals surface area contributed by atoms with Crippen LogP contribution in [-0.4, -0.2) is 45.1 Å². The highest BCUT2D eigenvalue weighted by molar-refractivity contribution is 5.88. The maximum Gasteiger partial charge on any atom is 0.228 e. The van der Waals surface area contributed by atoms with Crippen LogP contribution in [0.3, 0.4) is 0 Å². The molecule has 1 aliphatic heterocycles. The molecule has 1 aromatic heterocycles. The zero-order chi connectivity index (χ0) is 26.5. The second-order valence-electron chi connectivity index (χ2n) is 10.3. The van der Waals surface area contributed by atoms with Crippen molar-refractivity contribution in [3.63, 3.8) is 0 Å². The number of nitrogens with zero attached hydrogens (tertiary/aromatic N) is 4. The van der Waals surface area contributed by atoms with E-state index in [4.69, 9.17) is 4.74 Å². The quantitative estimate of drug-likeness (QED) is 0.305. The average Bonchev–Trinajstić information content (AvgIpc) is 3.61. The van der Waals surface area contributed by atoms with E-state index < -0.39 is 0 Å². The maximum atomic E-state index is 13.0. The van der Waals surface area contributed by atoms with Crippen LogP contribution >= 0.6 is 0 Å². The molecule has 0 bridgehead atoms. The fourth-order valence-electron chi connectivity index (χ4n) is 5.22. The Balaban J connectivity index is 1.15. The van der Waals surface area contributed by atoms with Gasteiger partial charge in [0, 0.05) is 19.2 Å². The molecule has 0 N–H and O–H groups in total. The number of carbonyl (C=O) groups excluding carboxylic acids is 1. The highest BCUT2D eigenvalue weighted by atomic mass is 16.5. The number of aromatic nitrogens is 3. The summed E-state index contributed by atoms with van der Waals surface area (Å²) in [5.74, 6) is 6.37. The second-order valence-corrected chi connectivity index (χ2v) is 10.3. The molecule has 4 atom stereocenters. The van der Waals surface area contributed by atoms with Crippen LogP contribution in [-0.2, 0) is 16.1 Å². The molecule has 1 fully saturated rings. The van der Waals surface area contributed by atoms with Crippen molar-refractivity contribution in [2.24, 2.45) is 5.92 Å². The highest BCUT2D eigenvalue weighted by Gasteiger charge is 2.35. The van der Waals surface area contributed by atoms with Gasteiger partial charge in [-0.1, -0.05) is 84.8 Å². The van der Waals surface area contributed by atoms with Gasteiger partial charge in [-0.3, -0.25) is 4.79 Å². The van der Waals surface area contributed by atoms with E-state index in [-0.39, 0.29) is 30.1 Å². The smallest absolute Gasteiger partial charge is 0.228 e. The summed E-state index contributed by atoms with van der Waals surface area (Å²) < 4.78 is 8.22. The third kappa shape index (κ3) is 5.95. The zero-order valence-corrected chi connectivity index (χ0v) is 22.2. The average molecular weight is 507 g/mol. The minimum Gasteiger partial charge on any atom is -0.374 e. The molecule has 0 saturated carbocycles. The van der Waals surface area contributed by atoms with Crippen molar-refractivity contribution >= 4 is 16.7 Å². The number of hydrogen-bond acceptors (Lipinski definition) is 4. The summed E-state index contributed by atoms with van der Waals surface area (Å²) in [6.07, 6.45) is 4.59. The number of fused-ring (bicyclic) bond motifs is 1. The molecule has 6 nitrogen and oxygen atoms in total. The second kappa shape index (κ2) is 11.6. The van der Waals surface area contributed by atoms with Crippen molar-refractivity contribution in [3.05, 3.63) is 95.8 Å². The van der Waals surface area contributed by atoms with Gasteiger partial charge in [0.25, 0.3) is 0 Å². The van der Waals surface area contributed by atoms with Crippen LogP contribution in [0.4, 0.5) is 0 Å². The van der Waals surface area contributed by atoms with Gasteiger partial charge in [0.15, 0.2) is 5.69 Å². The van der Waals surface area contributed by atoms with Gasteiger partial charge in [-0.2, -0.15) is 0 Å². The summed E-state index contributed by atoms with van der Waals surface area (Å²) >= 11 is 0. The van der Waals surface area contributed by atoms with Gasteiger partial charge in [-0.05, 0) is 54.5 Å². The molecule has 0 unspecified atom stereocenters. The van der Waals surface area contributed by atoms with E-state index in [0.717, 1.165) is 35.8 Å². The molecule has 1 saturated heterocycles. The lowest BCUT2D eigenvalue weighted by Crippen LogP contribution is -2.37. The summed E-state index contributed by atoms with van der Waals surface area (Å²) in [4.78, 5) is 14.8. The summed E-state index contributed by atoms with van der Waals surface area (Å²) in [7, 11) is 1.87. The summed E-state index contributed by atoms with van der Waals surface area (Å²) in [6, 6.07) is 24.6. The fraction of sp³-hybridized carbons (Fsp3) is 0.344. The number of ether oxygens (including phenoxy) is 1. The summed E-state index contributed by atoms with van der Waals surface area (Å²) in [6.45, 7) is 4.71. The molecule has 0 spiro atoms. The van der Waals surface area contributed by atoms with Gasteiger partial charge in [0.1, 0.15) is 0 Å². The van der Waals surface area contributed by atoms with E-state index in [2.05, 4.69) is 47.3 Å². The number of rotatable bonds is 7. The Hall–Kier alpha value is -3.95. The van der Waals surface area contributed by atoms with Gasteiger partial charge >= 0.3 is 0 Å². The maximum absolute atomic E-state index is 13.0. The molecule has 0 radical (unpaired) electrons. The van der Waals surface area contributed by atoms with E-state index >= 15 is 0 Å². The first-order valence-electron chi connectivity index (χ1n) is 13.3. The third-order valence-corrected chi connectivity index (χ3v) is 7.41. The van der Waals surface area contributed by atoms with Crippen molar-refractivity contribution in [3.8, 4) is 11.8 Å². The van der Waals surface area contributed by atoms with E-state index in [1.807, 2.05) is 79.4 Å². The van der Waals surface area contributed by atoms with Crippen LogP contribution in [0.2, 0.25) is 0 Å². The Morgan fingerprint density at radius 1 is 1.03 bits per heavy atom. The molecule has 6 heteroatoms. The monoisotopic (exact) mass is 506 g/mol. The molecule has 3 aromatic carbocycles. The topological polar surface area (TPSA) is 60.2 Å². The van der Waals surface area contributed by atoms with Crippen LogP contribution in [0.15, 0.2) is 79.0 Å². The molecular weight excluding hydrogens is 472 g/mol. The minimum atomic E-state index is -0.175. The van der Waals surface area contributed by atoms with Gasteiger partial charge < -0.3 is 9.64 Å². The van der Waals surface area contributed by atoms with Crippen molar-refractivity contribution in [1.29, 1.82) is 0 Å². The van der Waals surface area contributed by atoms with Crippen molar-refractivity contribution in [2.75, 3.05) is 7.05 Å². The number of benzene rings is 3. The predicted molar refractivity (Wildman–Crippen MR) is 149 cm³/mol. The van der Waals surface area contributed by atoms with Crippen LogP contribution < -0.4 is 0 Å². The largest absolute Gasteiger partial charge is 0.374 e. The van der Waals surface area contributed by atoms with Gasteiger partial charge in [-0.25, -0.2) is 4.68 Å². The Kier molecular flexibility index (Phi) is 7.86. The van der Waals surface area contributed by atoms with Gasteiger partial charge in [0.2, 0.25) is 5.91 Å². The summed E-state index contributed by atoms with van der Waals surface area (Å²) in [5, 5.41) is 10.9. The Labute approximate surface area is 224 Å². The highest BCUT2D eigenvalue weighted by Crippen LogP contribution is 2.31. The Bertz CT molecular complexity index is 1450. The van der Waals surface area contributed by atoms with E-state index in [9.17, 15) is 4.79 Å². The lowest BCUT2D eigenvalue weighted by Gasteiger charge is -2.26. The molecule has 5 rings (SSSR count). The van der Waals surface area contributed by atoms with Crippen LogP contribution in [0.5, 0.6) is 0 Å². The lowest BCUT2D eigenvalue weighted by molar-refractivity contribution is -0.139. The molecule has 1 amide bonds. The zero-order valence-electron chi connectivity index (χ0n) is 22.2. The van der Waals surface area contributed by atoms with E-state index in [1.54, 1.807) is 4.90 Å². The molecule has 38 heavy (non-hydrogen) atoms. The van der Waals surface area contributed by atoms with Gasteiger partial charge in [0.05, 0.1) is 30.4 Å². The van der Waals surface area contributed by atoms with E-state index in [1.165, 1.54) is 5.39 Å². The molecule has 2 heterocycles. The molecule has 0 aliphatic carbocycles. The normalized spacial score (nSPS) is 18.5. The predicted octanol–water partition coefficient (Wildman–Crippen LogP) is 5.62. The minimum absolute atomic E-state index is 0.0595. The lowest BCUT2D eigenvalue weighted by atomic mass is 9.99. The van der Waals surface area contributed by atoms with Crippen LogP contribution in [0.1, 0.15) is 56.0 Å². The SMILES string of the molecule is C[C@H](C[C@@H]1CC[C@H]([C@@H](C)C(=O)N(C)Cc2ccccc2)O1)n1cc(C#Cc2cccc3ccccc23)nn1. The Morgan fingerprint density at radius 3 is 2.63 bits per heavy atom. The van der Waals surface area contributed by atoms with Crippen molar-refractivity contribution in [2.45, 2.75) is 57.9 Å². The first-order valence-corrected chi connectivity index (χ1v) is 13.3. The van der Waals surface area contributed by atoms with Crippen molar-refractivity contribution < 1.29 is 9.53 Å². The fourth-order valence-corrected chi connectivity index (χ4v) is 5.22. The molecule has 194 valence electrons. The first-order chi connectivity index (χ1) is 18.5. The van der Waals surface area contributed by atoms with Crippen molar-refractivity contribution in [1.82, 2.24) is 19.9 Å². The number of amides is 1. The molecule has 4 aromatic rings. The van der Waals surface area contributed by atoms with Crippen LogP contribution in [0.25, 0.3) is 10.8 Å². The standard InChI is InChI=1S/C32H34N4O2/c1-23(36-22-28(33-34-36)17-16-27-14-9-13-26-12-7-8-15-30(26)27)20-29-18-19-31(38-29)24(2)32(37)35(3)21-25-10-5-4-6-11-25/h4-15,22-24,29,31H,18-21H2,1-3H3/t23-,24-,29+,31-/m1/s1. The van der Waals surface area contributed by atoms with Gasteiger partial charge in [-0.15, -0.1) is 5.10 Å². The number of hydrogen-bond donors (Lipinski definition) is 0. The number of carbonyl (C=O) groups is 1.